The summed E-state index contributed by atoms with van der Waals surface area (Å²) in [7, 11) is 2.30. The van der Waals surface area contributed by atoms with Gasteiger partial charge in [-0.25, -0.2) is 0 Å². The molecule has 0 aromatic heterocycles. The van der Waals surface area contributed by atoms with Gasteiger partial charge in [0.15, 0.2) is 0 Å². The van der Waals surface area contributed by atoms with E-state index < -0.39 is 0 Å². The molecule has 86 valence electrons. The monoisotopic (exact) mass is 236 g/mol. The van der Waals surface area contributed by atoms with Crippen molar-refractivity contribution in [2.24, 2.45) is 0 Å². The molecule has 0 spiro atoms. The van der Waals surface area contributed by atoms with E-state index in [9.17, 15) is 0 Å². The highest BCUT2D eigenvalue weighted by molar-refractivity contribution is 7.97. The van der Waals surface area contributed by atoms with E-state index in [0.717, 1.165) is 12.8 Å². The quantitative estimate of drug-likeness (QED) is 0.406. The van der Waals surface area contributed by atoms with Gasteiger partial charge in [0.2, 0.25) is 0 Å². The summed E-state index contributed by atoms with van der Waals surface area (Å²) in [6, 6.07) is 0. The molecule has 4 heteroatoms. The fraction of sp³-hybridized carbons (Fsp3) is 1.00. The first-order valence-electron chi connectivity index (χ1n) is 5.62. The molecule has 0 unspecified atom stereocenters. The van der Waals surface area contributed by atoms with Crippen LogP contribution < -0.4 is 0 Å². The third kappa shape index (κ3) is 4.50. The van der Waals surface area contributed by atoms with Crippen LogP contribution in [0.25, 0.3) is 0 Å². The van der Waals surface area contributed by atoms with Crippen molar-refractivity contribution in [3.05, 3.63) is 0 Å². The molecule has 0 aromatic carbocycles. The molecule has 0 aromatic rings. The zero-order chi connectivity index (χ0) is 11.2. The molecule has 0 atom stereocenters. The molecule has 0 aliphatic carbocycles. The van der Waals surface area contributed by atoms with E-state index >= 15 is 0 Å². The topological polar surface area (TPSA) is 9.23 Å². The van der Waals surface area contributed by atoms with Crippen molar-refractivity contribution >= 4 is 32.5 Å². The van der Waals surface area contributed by atoms with Crippen LogP contribution in [0.4, 0.5) is 0 Å². The highest BCUT2D eigenvalue weighted by atomic mass is 32.2. The average Bonchev–Trinajstić information content (AvgIpc) is 2.25. The van der Waals surface area contributed by atoms with E-state index in [0.29, 0.717) is 16.7 Å². The number of thiol groups is 1. The molecule has 0 amide bonds. The molecule has 0 saturated heterocycles. The third-order valence-electron chi connectivity index (χ3n) is 3.15. The van der Waals surface area contributed by atoms with Crippen molar-refractivity contribution in [2.45, 2.75) is 63.0 Å². The fourth-order valence-electron chi connectivity index (χ4n) is 1.01. The van der Waals surface area contributed by atoms with Gasteiger partial charge in [-0.05, 0) is 30.3 Å². The molecule has 0 saturated carbocycles. The summed E-state index contributed by atoms with van der Waals surface area (Å²) >= 11 is 5.16. The zero-order valence-corrected chi connectivity index (χ0v) is 12.1. The first-order chi connectivity index (χ1) is 6.45. The minimum absolute atomic E-state index is 0.204. The fourth-order valence-corrected chi connectivity index (χ4v) is 2.16. The molecule has 0 fully saturated rings. The van der Waals surface area contributed by atoms with Crippen LogP contribution in [-0.4, -0.2) is 17.4 Å². The van der Waals surface area contributed by atoms with Gasteiger partial charge in [-0.1, -0.05) is 27.7 Å². The summed E-state index contributed by atoms with van der Waals surface area (Å²) in [6.07, 6.45) is 4.31. The lowest BCUT2D eigenvalue weighted by Crippen LogP contribution is -2.28. The lowest BCUT2D eigenvalue weighted by Gasteiger charge is -2.35. The molecule has 0 N–H and O–H groups in total. The SMILES string of the molecule is BC(CC)(CC)[SH2]OC(S)(CC)CC. The largest absolute Gasteiger partial charge is 0.325 e. The Morgan fingerprint density at radius 2 is 1.50 bits per heavy atom. The van der Waals surface area contributed by atoms with Gasteiger partial charge in [-0.3, -0.25) is 0 Å². The van der Waals surface area contributed by atoms with E-state index in [1.807, 2.05) is 0 Å². The molecule has 0 aliphatic heterocycles. The Morgan fingerprint density at radius 3 is 1.79 bits per heavy atom. The first-order valence-corrected chi connectivity index (χ1v) is 6.98. The Bertz CT molecular complexity index is 138. The average molecular weight is 236 g/mol. The molecule has 14 heavy (non-hydrogen) atoms. The normalized spacial score (nSPS) is 14.6. The van der Waals surface area contributed by atoms with Crippen molar-refractivity contribution in [2.75, 3.05) is 0 Å². The summed E-state index contributed by atoms with van der Waals surface area (Å²) < 4.78 is 6.31. The second-order valence-electron chi connectivity index (χ2n) is 4.13. The van der Waals surface area contributed by atoms with Gasteiger partial charge >= 0.3 is 0 Å². The van der Waals surface area contributed by atoms with Gasteiger partial charge in [-0.15, -0.1) is 12.6 Å². The Balaban J connectivity index is 4.14. The van der Waals surface area contributed by atoms with Crippen LogP contribution in [0, 0.1) is 0 Å². The molecule has 1 nitrogen and oxygen atoms in total. The second kappa shape index (κ2) is 6.34. The van der Waals surface area contributed by atoms with E-state index in [4.69, 9.17) is 4.18 Å². The Kier molecular flexibility index (Phi) is 6.67. The van der Waals surface area contributed by atoms with Crippen LogP contribution in [0.5, 0.6) is 0 Å². The zero-order valence-electron chi connectivity index (χ0n) is 10.2. The highest BCUT2D eigenvalue weighted by Gasteiger charge is 2.26. The van der Waals surface area contributed by atoms with Crippen molar-refractivity contribution in [3.8, 4) is 0 Å². The summed E-state index contributed by atoms with van der Waals surface area (Å²) in [4.78, 5) is -0.204. The Hall–Kier alpha value is 0.725. The first kappa shape index (κ1) is 14.7. The van der Waals surface area contributed by atoms with Gasteiger partial charge in [0.05, 0.1) is 0 Å². The van der Waals surface area contributed by atoms with E-state index in [-0.39, 0.29) is 4.93 Å². The van der Waals surface area contributed by atoms with Crippen LogP contribution in [0.15, 0.2) is 0 Å². The van der Waals surface area contributed by atoms with Crippen LogP contribution in [0.3, 0.4) is 0 Å². The van der Waals surface area contributed by atoms with Gasteiger partial charge < -0.3 is 4.18 Å². The summed E-state index contributed by atoms with van der Waals surface area (Å²) in [6.45, 7) is 8.74. The molecule has 0 radical (unpaired) electrons. The van der Waals surface area contributed by atoms with Gasteiger partial charge in [0.1, 0.15) is 12.8 Å². The van der Waals surface area contributed by atoms with Crippen LogP contribution in [0.2, 0.25) is 0 Å². The van der Waals surface area contributed by atoms with Crippen LogP contribution in [-0.2, 0) is 4.18 Å². The molecular formula is C10H25BOS2. The molecule has 0 aliphatic rings. The molecule has 0 rings (SSSR count). The molecule has 0 heterocycles. The van der Waals surface area contributed by atoms with Crippen LogP contribution in [0.1, 0.15) is 53.4 Å². The van der Waals surface area contributed by atoms with Crippen molar-refractivity contribution < 1.29 is 4.18 Å². The van der Waals surface area contributed by atoms with E-state index in [1.165, 1.54) is 12.8 Å². The maximum Gasteiger partial charge on any atom is 0.122 e. The minimum atomic E-state index is -0.204. The maximum absolute atomic E-state index is 5.97. The minimum Gasteiger partial charge on any atom is -0.325 e. The smallest absolute Gasteiger partial charge is 0.122 e. The lowest BCUT2D eigenvalue weighted by atomic mass is 9.82. The summed E-state index contributed by atoms with van der Waals surface area (Å²) in [5, 5.41) is 0. The predicted octanol–water partition coefficient (Wildman–Crippen LogP) is 2.71. The predicted molar refractivity (Wildman–Crippen MR) is 75.6 cm³/mol. The van der Waals surface area contributed by atoms with Gasteiger partial charge in [0, 0.05) is 0 Å². The van der Waals surface area contributed by atoms with Crippen molar-refractivity contribution in [3.63, 3.8) is 0 Å². The standard InChI is InChI=1S/C10H25BOS2/c1-5-9(11,6-2)14-12-10(13,7-3)8-4/h13H,5-8,11,14H2,1-4H3. The second-order valence-corrected chi connectivity index (χ2v) is 6.56. The summed E-state index contributed by atoms with van der Waals surface area (Å²) in [5.74, 6) is 0. The van der Waals surface area contributed by atoms with E-state index in [1.54, 1.807) is 0 Å². The van der Waals surface area contributed by atoms with Gasteiger partial charge in [0.25, 0.3) is 0 Å². The number of hydrogen-bond acceptors (Lipinski definition) is 2. The lowest BCUT2D eigenvalue weighted by molar-refractivity contribution is 0.191. The van der Waals surface area contributed by atoms with Gasteiger partial charge in [-0.2, -0.15) is 12.0 Å². The Morgan fingerprint density at radius 1 is 1.07 bits per heavy atom. The van der Waals surface area contributed by atoms with Crippen LogP contribution >= 0.6 is 24.7 Å². The maximum atomic E-state index is 5.97. The number of rotatable bonds is 7. The highest BCUT2D eigenvalue weighted by Crippen LogP contribution is 2.37. The van der Waals surface area contributed by atoms with Crippen molar-refractivity contribution in [1.82, 2.24) is 0 Å². The Labute approximate surface area is 99.8 Å². The third-order valence-corrected chi connectivity index (χ3v) is 5.74. The number of hydrogen-bond donors (Lipinski definition) is 1. The molecular weight excluding hydrogens is 211 g/mol. The molecule has 0 bridgehead atoms. The van der Waals surface area contributed by atoms with Crippen molar-refractivity contribution in [1.29, 1.82) is 0 Å². The summed E-state index contributed by atoms with van der Waals surface area (Å²) in [5.41, 5.74) is 0. The van der Waals surface area contributed by atoms with E-state index in [2.05, 4.69) is 48.2 Å².